The third-order valence-corrected chi connectivity index (χ3v) is 9.74. The summed E-state index contributed by atoms with van der Waals surface area (Å²) in [5, 5.41) is 4.52. The first-order chi connectivity index (χ1) is 11.7. The van der Waals surface area contributed by atoms with Crippen molar-refractivity contribution in [3.05, 3.63) is 87.9 Å². The second-order valence-corrected chi connectivity index (χ2v) is 11.2. The maximum absolute atomic E-state index is 3.55. The Labute approximate surface area is 175 Å². The summed E-state index contributed by atoms with van der Waals surface area (Å²) in [6, 6.07) is 17.0. The average Bonchev–Trinajstić information content (AvgIpc) is 3.25. The summed E-state index contributed by atoms with van der Waals surface area (Å²) in [4.78, 5) is 2.65. The molecule has 120 valence electrons. The molecule has 0 aliphatic carbocycles. The van der Waals surface area contributed by atoms with Gasteiger partial charge in [0.1, 0.15) is 0 Å². The zero-order valence-electron chi connectivity index (χ0n) is 12.2. The lowest BCUT2D eigenvalue weighted by atomic mass is 10.2. The molecular weight excluding hydrogens is 504 g/mol. The van der Waals surface area contributed by atoms with Gasteiger partial charge in [0.05, 0.1) is 8.47 Å². The Morgan fingerprint density at radius 3 is 1.88 bits per heavy atom. The highest BCUT2D eigenvalue weighted by Gasteiger charge is 2.23. The summed E-state index contributed by atoms with van der Waals surface area (Å²) >= 11 is 14.5. The van der Waals surface area contributed by atoms with E-state index in [4.69, 9.17) is 0 Å². The van der Waals surface area contributed by atoms with Crippen molar-refractivity contribution in [3.8, 4) is 0 Å². The quantitative estimate of drug-likeness (QED) is 0.394. The Morgan fingerprint density at radius 2 is 1.25 bits per heavy atom. The third kappa shape index (κ3) is 3.89. The van der Waals surface area contributed by atoms with Crippen LogP contribution in [0, 0.1) is 0 Å². The molecule has 2 aromatic carbocycles. The molecule has 0 saturated heterocycles. The maximum atomic E-state index is 3.55. The van der Waals surface area contributed by atoms with Gasteiger partial charge in [-0.25, -0.2) is 0 Å². The average molecular weight is 514 g/mol. The molecule has 0 spiro atoms. The minimum atomic E-state index is 1.12. The number of rotatable bonds is 2. The molecule has 24 heavy (non-hydrogen) atoms. The van der Waals surface area contributed by atoms with E-state index in [0.29, 0.717) is 0 Å². The van der Waals surface area contributed by atoms with E-state index in [0.717, 1.165) is 8.95 Å². The highest BCUT2D eigenvalue weighted by Crippen LogP contribution is 2.58. The Hall–Kier alpha value is 0.0200. The van der Waals surface area contributed by atoms with Crippen LogP contribution in [0.15, 0.2) is 76.8 Å². The van der Waals surface area contributed by atoms with Crippen LogP contribution in [-0.2, 0) is 0 Å². The molecule has 2 aliphatic heterocycles. The van der Waals surface area contributed by atoms with Gasteiger partial charge in [-0.1, -0.05) is 103 Å². The lowest BCUT2D eigenvalue weighted by molar-refractivity contribution is 1.61. The molecule has 0 N–H and O–H groups in total. The summed E-state index contributed by atoms with van der Waals surface area (Å²) in [7, 11) is 0. The van der Waals surface area contributed by atoms with Crippen LogP contribution in [0.25, 0.3) is 9.81 Å². The van der Waals surface area contributed by atoms with Crippen molar-refractivity contribution < 1.29 is 0 Å². The van der Waals surface area contributed by atoms with Crippen molar-refractivity contribution in [2.24, 2.45) is 0 Å². The number of hydrogen-bond donors (Lipinski definition) is 0. The van der Waals surface area contributed by atoms with Crippen molar-refractivity contribution in [2.45, 2.75) is 0 Å². The van der Waals surface area contributed by atoms with Gasteiger partial charge in [0.2, 0.25) is 0 Å². The monoisotopic (exact) mass is 512 g/mol. The SMILES string of the molecule is Brc1ccc(C2=CSC(=C3SC=C(c4cccc(Br)c4)S3)S2)cc1. The predicted octanol–water partition coefficient (Wildman–Crippen LogP) is 8.60. The Balaban J connectivity index is 1.49. The molecule has 0 amide bonds. The van der Waals surface area contributed by atoms with Gasteiger partial charge in [-0.05, 0) is 46.2 Å². The zero-order valence-corrected chi connectivity index (χ0v) is 18.6. The Morgan fingerprint density at radius 1 is 0.625 bits per heavy atom. The summed E-state index contributed by atoms with van der Waals surface area (Å²) in [5.74, 6) is 0. The van der Waals surface area contributed by atoms with Crippen LogP contribution < -0.4 is 0 Å². The molecule has 0 nitrogen and oxygen atoms in total. The topological polar surface area (TPSA) is 0 Å². The number of halogens is 2. The van der Waals surface area contributed by atoms with Crippen molar-refractivity contribution in [2.75, 3.05) is 0 Å². The van der Waals surface area contributed by atoms with Crippen LogP contribution in [-0.4, -0.2) is 0 Å². The maximum Gasteiger partial charge on any atom is 0.0700 e. The largest absolute Gasteiger partial charge is 0.0878 e. The molecule has 2 aromatic rings. The van der Waals surface area contributed by atoms with E-state index in [2.05, 4.69) is 91.2 Å². The van der Waals surface area contributed by atoms with Gasteiger partial charge >= 0.3 is 0 Å². The van der Waals surface area contributed by atoms with E-state index in [1.54, 1.807) is 0 Å². The molecule has 4 rings (SSSR count). The first-order valence-electron chi connectivity index (χ1n) is 7.04. The van der Waals surface area contributed by atoms with E-state index in [1.165, 1.54) is 29.4 Å². The van der Waals surface area contributed by atoms with Gasteiger partial charge in [0.25, 0.3) is 0 Å². The fourth-order valence-corrected chi connectivity index (χ4v) is 7.78. The minimum Gasteiger partial charge on any atom is -0.0878 e. The van der Waals surface area contributed by atoms with Crippen LogP contribution in [0.2, 0.25) is 0 Å². The second kappa shape index (κ2) is 7.72. The van der Waals surface area contributed by atoms with Crippen molar-refractivity contribution in [1.82, 2.24) is 0 Å². The van der Waals surface area contributed by atoms with Gasteiger partial charge in [0.15, 0.2) is 0 Å². The van der Waals surface area contributed by atoms with Crippen molar-refractivity contribution in [1.29, 1.82) is 0 Å². The Kier molecular flexibility index (Phi) is 5.61. The highest BCUT2D eigenvalue weighted by molar-refractivity contribution is 9.10. The van der Waals surface area contributed by atoms with Crippen molar-refractivity contribution >= 4 is 88.7 Å². The van der Waals surface area contributed by atoms with Gasteiger partial charge in [-0.2, -0.15) is 0 Å². The van der Waals surface area contributed by atoms with Crippen LogP contribution in [0.5, 0.6) is 0 Å². The summed E-state index contributed by atoms with van der Waals surface area (Å²) in [6.45, 7) is 0. The fourth-order valence-electron chi connectivity index (χ4n) is 2.20. The van der Waals surface area contributed by atoms with Crippen molar-refractivity contribution in [3.63, 3.8) is 0 Å². The fraction of sp³-hybridized carbons (Fsp3) is 0. The molecule has 2 heterocycles. The molecule has 6 heteroatoms. The molecule has 2 aliphatic rings. The van der Waals surface area contributed by atoms with E-state index in [-0.39, 0.29) is 0 Å². The van der Waals surface area contributed by atoms with Crippen LogP contribution in [0.1, 0.15) is 11.1 Å². The molecule has 0 fully saturated rings. The van der Waals surface area contributed by atoms with Crippen LogP contribution in [0.3, 0.4) is 0 Å². The van der Waals surface area contributed by atoms with E-state index < -0.39 is 0 Å². The molecule has 0 aromatic heterocycles. The van der Waals surface area contributed by atoms with Gasteiger partial charge in [0, 0.05) is 18.8 Å². The first-order valence-corrected chi connectivity index (χ1v) is 12.0. The third-order valence-electron chi connectivity index (χ3n) is 3.36. The first kappa shape index (κ1) is 17.4. The van der Waals surface area contributed by atoms with Crippen LogP contribution in [0.4, 0.5) is 0 Å². The smallest absolute Gasteiger partial charge is 0.0700 e. The van der Waals surface area contributed by atoms with E-state index in [9.17, 15) is 0 Å². The minimum absolute atomic E-state index is 1.12. The lowest BCUT2D eigenvalue weighted by Crippen LogP contribution is -1.77. The predicted molar refractivity (Wildman–Crippen MR) is 122 cm³/mol. The molecule has 0 bridgehead atoms. The molecule has 0 unspecified atom stereocenters. The van der Waals surface area contributed by atoms with E-state index in [1.807, 2.05) is 47.0 Å². The standard InChI is InChI=1S/C18H10Br2S4/c19-13-6-4-11(5-7-13)15-9-21-17(23-15)18-22-10-16(24-18)12-2-1-3-14(20)8-12/h1-10H. The van der Waals surface area contributed by atoms with Gasteiger partial charge in [-0.3, -0.25) is 0 Å². The second-order valence-electron chi connectivity index (χ2n) is 5.00. The number of hydrogen-bond acceptors (Lipinski definition) is 4. The summed E-state index contributed by atoms with van der Waals surface area (Å²) in [5.41, 5.74) is 2.55. The Bertz CT molecular complexity index is 882. The van der Waals surface area contributed by atoms with Crippen LogP contribution >= 0.6 is 78.9 Å². The van der Waals surface area contributed by atoms with E-state index >= 15 is 0 Å². The van der Waals surface area contributed by atoms with Gasteiger partial charge in [-0.15, -0.1) is 0 Å². The normalized spacial score (nSPS) is 20.2. The molecule has 0 radical (unpaired) electrons. The summed E-state index contributed by atoms with van der Waals surface area (Å²) in [6.07, 6.45) is 0. The highest BCUT2D eigenvalue weighted by atomic mass is 79.9. The number of thioether (sulfide) groups is 4. The lowest BCUT2D eigenvalue weighted by Gasteiger charge is -2.05. The molecule has 0 saturated carbocycles. The zero-order chi connectivity index (χ0) is 16.5. The molecule has 0 atom stereocenters. The number of benzene rings is 2. The van der Waals surface area contributed by atoms with Gasteiger partial charge < -0.3 is 0 Å². The molecular formula is C18H10Br2S4. The summed E-state index contributed by atoms with van der Waals surface area (Å²) < 4.78 is 5.00.